The van der Waals surface area contributed by atoms with Gasteiger partial charge in [0.15, 0.2) is 0 Å². The van der Waals surface area contributed by atoms with E-state index in [0.717, 1.165) is 42.3 Å². The lowest BCUT2D eigenvalue weighted by Crippen LogP contribution is -2.33. The molecule has 1 saturated heterocycles. The topological polar surface area (TPSA) is 151 Å². The molecule has 0 bridgehead atoms. The fourth-order valence-electron chi connectivity index (χ4n) is 2.82. The summed E-state index contributed by atoms with van der Waals surface area (Å²) in [6.07, 6.45) is 6.88. The SMILES string of the molecule is NC1CCC(Nc2nccc(/C=C3\SC(=O)N(COP(O)O)C3=O)n2)CC1. The normalized spacial score (nSPS) is 24.9. The van der Waals surface area contributed by atoms with Crippen LogP contribution in [0.5, 0.6) is 0 Å². The number of nitrogens with zero attached hydrogens (tertiary/aromatic N) is 3. The zero-order valence-corrected chi connectivity index (χ0v) is 16.0. The van der Waals surface area contributed by atoms with Crippen LogP contribution in [0.25, 0.3) is 6.08 Å². The highest BCUT2D eigenvalue weighted by atomic mass is 32.2. The summed E-state index contributed by atoms with van der Waals surface area (Å²) in [5.74, 6) is -0.116. The third-order valence-corrected chi connectivity index (χ3v) is 5.49. The van der Waals surface area contributed by atoms with Crippen LogP contribution >= 0.6 is 20.4 Å². The van der Waals surface area contributed by atoms with E-state index in [1.807, 2.05) is 0 Å². The Hall–Kier alpha value is -1.62. The number of hydrogen-bond donors (Lipinski definition) is 4. The Morgan fingerprint density at radius 1 is 1.37 bits per heavy atom. The maximum atomic E-state index is 12.3. The minimum atomic E-state index is -2.64. The van der Waals surface area contributed by atoms with Gasteiger partial charge in [-0.1, -0.05) is 0 Å². The van der Waals surface area contributed by atoms with Crippen LogP contribution in [0.15, 0.2) is 17.2 Å². The van der Waals surface area contributed by atoms with Crippen molar-refractivity contribution < 1.29 is 23.9 Å². The van der Waals surface area contributed by atoms with E-state index in [1.165, 1.54) is 6.08 Å². The second kappa shape index (κ2) is 9.05. The van der Waals surface area contributed by atoms with E-state index < -0.39 is 26.5 Å². The Labute approximate surface area is 161 Å². The van der Waals surface area contributed by atoms with Crippen LogP contribution in [0.2, 0.25) is 0 Å². The monoisotopic (exact) mass is 413 g/mol. The molecule has 2 amide bonds. The Morgan fingerprint density at radius 2 is 2.11 bits per heavy atom. The number of anilines is 1. The minimum Gasteiger partial charge on any atom is -0.351 e. The molecule has 5 N–H and O–H groups in total. The van der Waals surface area contributed by atoms with Crippen LogP contribution < -0.4 is 11.1 Å². The minimum absolute atomic E-state index is 0.178. The molecule has 2 heterocycles. The predicted octanol–water partition coefficient (Wildman–Crippen LogP) is 1.38. The summed E-state index contributed by atoms with van der Waals surface area (Å²) in [6, 6.07) is 2.15. The summed E-state index contributed by atoms with van der Waals surface area (Å²) in [5, 5.41) is 2.73. The number of aromatic nitrogens is 2. The van der Waals surface area contributed by atoms with E-state index >= 15 is 0 Å². The largest absolute Gasteiger partial charge is 0.351 e. The zero-order valence-electron chi connectivity index (χ0n) is 14.3. The molecule has 27 heavy (non-hydrogen) atoms. The first-order valence-electron chi connectivity index (χ1n) is 8.33. The molecular formula is C15H20N5O5PS. The number of imide groups is 1. The van der Waals surface area contributed by atoms with Crippen molar-refractivity contribution in [2.24, 2.45) is 5.73 Å². The Morgan fingerprint density at radius 3 is 2.81 bits per heavy atom. The van der Waals surface area contributed by atoms with E-state index in [1.54, 1.807) is 12.3 Å². The second-order valence-electron chi connectivity index (χ2n) is 6.18. The number of nitrogens with two attached hydrogens (primary N) is 1. The average molecular weight is 413 g/mol. The van der Waals surface area contributed by atoms with Crippen molar-refractivity contribution >= 4 is 43.5 Å². The number of amides is 2. The van der Waals surface area contributed by atoms with Gasteiger partial charge in [0, 0.05) is 18.3 Å². The lowest BCUT2D eigenvalue weighted by Gasteiger charge is -2.26. The van der Waals surface area contributed by atoms with E-state index in [9.17, 15) is 9.59 Å². The Bertz CT molecular complexity index is 741. The molecule has 0 atom stereocenters. The first kappa shape index (κ1) is 20.1. The van der Waals surface area contributed by atoms with Gasteiger partial charge >= 0.3 is 8.60 Å². The van der Waals surface area contributed by atoms with E-state index in [2.05, 4.69) is 19.8 Å². The molecule has 2 aliphatic rings. The van der Waals surface area contributed by atoms with Crippen LogP contribution in [0.4, 0.5) is 10.7 Å². The fourth-order valence-corrected chi connectivity index (χ4v) is 3.85. The van der Waals surface area contributed by atoms with Crippen LogP contribution in [-0.4, -0.2) is 54.6 Å². The van der Waals surface area contributed by atoms with Gasteiger partial charge in [-0.25, -0.2) is 14.9 Å². The molecule has 0 unspecified atom stereocenters. The number of rotatable bonds is 6. The second-order valence-corrected chi connectivity index (χ2v) is 7.94. The highest BCUT2D eigenvalue weighted by Gasteiger charge is 2.35. The molecule has 1 aromatic heterocycles. The van der Waals surface area contributed by atoms with Crippen molar-refractivity contribution in [2.45, 2.75) is 37.8 Å². The summed E-state index contributed by atoms with van der Waals surface area (Å²) >= 11 is 0.738. The molecule has 1 aliphatic carbocycles. The van der Waals surface area contributed by atoms with Crippen molar-refractivity contribution in [3.05, 3.63) is 22.9 Å². The number of thioether (sulfide) groups is 1. The lowest BCUT2D eigenvalue weighted by atomic mass is 9.92. The Kier molecular flexibility index (Phi) is 6.74. The van der Waals surface area contributed by atoms with Gasteiger partial charge in [0.2, 0.25) is 5.95 Å². The van der Waals surface area contributed by atoms with Crippen molar-refractivity contribution in [2.75, 3.05) is 12.0 Å². The molecular weight excluding hydrogens is 393 g/mol. The number of carbonyl (C=O) groups is 2. The standard InChI is InChI=1S/C15H20N5O5PS/c16-9-1-3-10(4-2-9)18-14-17-6-5-11(19-14)7-12-13(21)20(15(22)27-12)8-25-26(23)24/h5-7,9-10,23-24H,1-4,8,16H2,(H,17,18,19)/b12-7-. The number of nitrogens with one attached hydrogen (secondary N) is 1. The summed E-state index contributed by atoms with van der Waals surface area (Å²) < 4.78 is 4.55. The van der Waals surface area contributed by atoms with Crippen LogP contribution in [0, 0.1) is 0 Å². The van der Waals surface area contributed by atoms with Gasteiger partial charge in [-0.05, 0) is 49.6 Å². The van der Waals surface area contributed by atoms with Crippen molar-refractivity contribution in [3.8, 4) is 0 Å². The van der Waals surface area contributed by atoms with Gasteiger partial charge in [-0.3, -0.25) is 14.1 Å². The maximum absolute atomic E-state index is 12.3. The third kappa shape index (κ3) is 5.44. The van der Waals surface area contributed by atoms with Crippen LogP contribution in [-0.2, 0) is 9.32 Å². The van der Waals surface area contributed by atoms with Gasteiger partial charge in [0.25, 0.3) is 11.1 Å². The van der Waals surface area contributed by atoms with Crippen molar-refractivity contribution in [1.29, 1.82) is 0 Å². The Balaban J connectivity index is 1.66. The molecule has 2 fully saturated rings. The van der Waals surface area contributed by atoms with Crippen LogP contribution in [0.1, 0.15) is 31.4 Å². The summed E-state index contributed by atoms with van der Waals surface area (Å²) in [4.78, 5) is 51.2. The molecule has 1 aliphatic heterocycles. The average Bonchev–Trinajstić information content (AvgIpc) is 2.89. The van der Waals surface area contributed by atoms with Crippen molar-refractivity contribution in [1.82, 2.24) is 14.9 Å². The van der Waals surface area contributed by atoms with Gasteiger partial charge in [-0.15, -0.1) is 0 Å². The molecule has 0 spiro atoms. The van der Waals surface area contributed by atoms with Gasteiger partial charge in [0.05, 0.1) is 10.6 Å². The van der Waals surface area contributed by atoms with Crippen molar-refractivity contribution in [3.63, 3.8) is 0 Å². The number of hydrogen-bond acceptors (Lipinski definition) is 10. The number of carbonyl (C=O) groups excluding carboxylic acids is 2. The smallest absolute Gasteiger partial charge is 0.328 e. The summed E-state index contributed by atoms with van der Waals surface area (Å²) in [7, 11) is -2.64. The highest BCUT2D eigenvalue weighted by molar-refractivity contribution is 8.18. The summed E-state index contributed by atoms with van der Waals surface area (Å²) in [6.45, 7) is -0.513. The summed E-state index contributed by atoms with van der Waals surface area (Å²) in [5.41, 5.74) is 6.40. The van der Waals surface area contributed by atoms with E-state index in [4.69, 9.17) is 15.5 Å². The predicted molar refractivity (Wildman–Crippen MR) is 101 cm³/mol. The van der Waals surface area contributed by atoms with Crippen LogP contribution in [0.3, 0.4) is 0 Å². The molecule has 146 valence electrons. The van der Waals surface area contributed by atoms with Gasteiger partial charge < -0.3 is 20.8 Å². The maximum Gasteiger partial charge on any atom is 0.328 e. The van der Waals surface area contributed by atoms with Gasteiger partial charge in [0.1, 0.15) is 6.73 Å². The fraction of sp³-hybridized carbons (Fsp3) is 0.467. The molecule has 0 radical (unpaired) electrons. The molecule has 1 saturated carbocycles. The zero-order chi connectivity index (χ0) is 19.4. The molecule has 3 rings (SSSR count). The highest BCUT2D eigenvalue weighted by Crippen LogP contribution is 2.34. The van der Waals surface area contributed by atoms with E-state index in [0.29, 0.717) is 11.6 Å². The third-order valence-electron chi connectivity index (χ3n) is 4.24. The molecule has 10 nitrogen and oxygen atoms in total. The van der Waals surface area contributed by atoms with E-state index in [-0.39, 0.29) is 17.0 Å². The quantitative estimate of drug-likeness (QED) is 0.398. The molecule has 1 aromatic rings. The first-order chi connectivity index (χ1) is 12.9. The first-order valence-corrected chi connectivity index (χ1v) is 10.3. The lowest BCUT2D eigenvalue weighted by molar-refractivity contribution is -0.124. The molecule has 0 aromatic carbocycles. The molecule has 12 heteroatoms. The van der Waals surface area contributed by atoms with Gasteiger partial charge in [-0.2, -0.15) is 0 Å².